The fourth-order valence-electron chi connectivity index (χ4n) is 2.59. The van der Waals surface area contributed by atoms with E-state index >= 15 is 0 Å². The molecule has 1 amide bonds. The summed E-state index contributed by atoms with van der Waals surface area (Å²) in [6.45, 7) is 6.53. The summed E-state index contributed by atoms with van der Waals surface area (Å²) >= 11 is 13.7. The van der Waals surface area contributed by atoms with Gasteiger partial charge in [-0.15, -0.1) is 0 Å². The second-order valence-electron chi connectivity index (χ2n) is 5.99. The third kappa shape index (κ3) is 3.83. The van der Waals surface area contributed by atoms with Gasteiger partial charge in [0.05, 0.1) is 20.6 Å². The number of thioether (sulfide) groups is 1. The molecular weight excluding hydrogens is 387 g/mol. The lowest BCUT2D eigenvalue weighted by Crippen LogP contribution is -2.28. The van der Waals surface area contributed by atoms with Gasteiger partial charge in [0, 0.05) is 6.54 Å². The Bertz CT molecular complexity index is 937. The van der Waals surface area contributed by atoms with E-state index in [1.165, 1.54) is 11.8 Å². The molecule has 3 nitrogen and oxygen atoms in total. The molecule has 6 heteroatoms. The molecule has 26 heavy (non-hydrogen) atoms. The summed E-state index contributed by atoms with van der Waals surface area (Å²) in [5, 5.41) is 1.58. The minimum Gasteiger partial charge on any atom is -0.287 e. The maximum atomic E-state index is 12.8. The molecule has 1 saturated heterocycles. The van der Waals surface area contributed by atoms with Crippen molar-refractivity contribution in [3.8, 4) is 0 Å². The first-order valence-electron chi connectivity index (χ1n) is 8.22. The first-order valence-corrected chi connectivity index (χ1v) is 9.79. The van der Waals surface area contributed by atoms with Crippen LogP contribution in [0, 0.1) is 13.8 Å². The van der Waals surface area contributed by atoms with Crippen molar-refractivity contribution in [1.29, 1.82) is 0 Å². The number of hydrogen-bond acceptors (Lipinski definition) is 3. The largest absolute Gasteiger partial charge is 0.287 e. The molecule has 134 valence electrons. The van der Waals surface area contributed by atoms with E-state index in [1.807, 2.05) is 45.0 Å². The number of rotatable bonds is 3. The molecule has 0 spiro atoms. The van der Waals surface area contributed by atoms with Crippen LogP contribution >= 0.6 is 35.0 Å². The molecular formula is C20H18Cl2N2OS. The highest BCUT2D eigenvalue weighted by Gasteiger charge is 2.32. The lowest BCUT2D eigenvalue weighted by Gasteiger charge is -2.12. The van der Waals surface area contributed by atoms with E-state index in [0.717, 1.165) is 22.4 Å². The predicted octanol–water partition coefficient (Wildman–Crippen LogP) is 6.23. The van der Waals surface area contributed by atoms with Gasteiger partial charge in [-0.2, -0.15) is 0 Å². The Morgan fingerprint density at radius 3 is 2.69 bits per heavy atom. The van der Waals surface area contributed by atoms with Crippen LogP contribution in [0.1, 0.15) is 23.6 Å². The topological polar surface area (TPSA) is 32.7 Å². The Kier molecular flexibility index (Phi) is 5.76. The van der Waals surface area contributed by atoms with Gasteiger partial charge in [0.2, 0.25) is 0 Å². The molecule has 2 aromatic rings. The summed E-state index contributed by atoms with van der Waals surface area (Å²) in [6.07, 6.45) is 1.77. The minimum atomic E-state index is -0.0717. The van der Waals surface area contributed by atoms with Crippen LogP contribution in [0.3, 0.4) is 0 Å². The van der Waals surface area contributed by atoms with Gasteiger partial charge in [0.1, 0.15) is 0 Å². The summed E-state index contributed by atoms with van der Waals surface area (Å²) in [5.74, 6) is -0.0717. The molecule has 0 unspecified atom stereocenters. The van der Waals surface area contributed by atoms with Crippen molar-refractivity contribution in [1.82, 2.24) is 4.90 Å². The number of carbonyl (C=O) groups is 1. The molecule has 0 radical (unpaired) electrons. The zero-order chi connectivity index (χ0) is 18.8. The fraction of sp³-hybridized carbons (Fsp3) is 0.200. The molecule has 0 N–H and O–H groups in total. The van der Waals surface area contributed by atoms with Crippen molar-refractivity contribution in [2.45, 2.75) is 20.8 Å². The van der Waals surface area contributed by atoms with E-state index in [9.17, 15) is 4.79 Å². The smallest absolute Gasteiger partial charge is 0.266 e. The lowest BCUT2D eigenvalue weighted by molar-refractivity contribution is -0.122. The third-order valence-corrected chi connectivity index (χ3v) is 5.89. The first-order chi connectivity index (χ1) is 12.4. The zero-order valence-electron chi connectivity index (χ0n) is 14.7. The number of hydrogen-bond donors (Lipinski definition) is 0. The van der Waals surface area contributed by atoms with E-state index in [0.29, 0.717) is 26.7 Å². The molecule has 1 heterocycles. The first kappa shape index (κ1) is 19.0. The minimum absolute atomic E-state index is 0.0717. The number of likely N-dealkylation sites (N-methyl/N-ethyl adjacent to an activating group) is 1. The molecule has 1 fully saturated rings. The van der Waals surface area contributed by atoms with Gasteiger partial charge in [-0.05, 0) is 67.4 Å². The number of benzene rings is 2. The summed E-state index contributed by atoms with van der Waals surface area (Å²) in [5.41, 5.74) is 3.80. The van der Waals surface area contributed by atoms with Gasteiger partial charge in [-0.1, -0.05) is 47.5 Å². The maximum absolute atomic E-state index is 12.8. The Morgan fingerprint density at radius 1 is 1.19 bits per heavy atom. The molecule has 1 aliphatic rings. The summed E-state index contributed by atoms with van der Waals surface area (Å²) in [6, 6.07) is 11.5. The fourth-order valence-corrected chi connectivity index (χ4v) is 4.00. The Hall–Kier alpha value is -1.75. The van der Waals surface area contributed by atoms with Crippen LogP contribution in [0.5, 0.6) is 0 Å². The average molecular weight is 405 g/mol. The van der Waals surface area contributed by atoms with Crippen LogP contribution in [0.25, 0.3) is 6.08 Å². The molecule has 3 rings (SSSR count). The van der Waals surface area contributed by atoms with Gasteiger partial charge in [-0.25, -0.2) is 4.99 Å². The summed E-state index contributed by atoms with van der Waals surface area (Å²) in [4.78, 5) is 19.8. The second kappa shape index (κ2) is 7.87. The number of amides is 1. The van der Waals surface area contributed by atoms with Crippen molar-refractivity contribution >= 4 is 57.8 Å². The second-order valence-corrected chi connectivity index (χ2v) is 7.78. The monoisotopic (exact) mass is 404 g/mol. The normalized spacial score (nSPS) is 17.6. The molecule has 0 saturated carbocycles. The molecule has 2 aromatic carbocycles. The highest BCUT2D eigenvalue weighted by molar-refractivity contribution is 8.18. The van der Waals surface area contributed by atoms with Crippen LogP contribution < -0.4 is 0 Å². The zero-order valence-corrected chi connectivity index (χ0v) is 17.0. The SMILES string of the molecule is CCN1C(=O)/C(=C\c2cccc(Cl)c2Cl)SC1=Nc1cc(C)ccc1C. The number of nitrogens with zero attached hydrogens (tertiary/aromatic N) is 2. The third-order valence-electron chi connectivity index (χ3n) is 4.05. The van der Waals surface area contributed by atoms with E-state index < -0.39 is 0 Å². The highest BCUT2D eigenvalue weighted by Crippen LogP contribution is 2.36. The van der Waals surface area contributed by atoms with Crippen molar-refractivity contribution in [3.05, 3.63) is 68.0 Å². The van der Waals surface area contributed by atoms with Gasteiger partial charge in [0.15, 0.2) is 5.17 Å². The average Bonchev–Trinajstić information content (AvgIpc) is 2.90. The van der Waals surface area contributed by atoms with Crippen LogP contribution in [0.2, 0.25) is 10.0 Å². The summed E-state index contributed by atoms with van der Waals surface area (Å²) < 4.78 is 0. The molecule has 1 aliphatic heterocycles. The molecule has 0 bridgehead atoms. The van der Waals surface area contributed by atoms with E-state index in [-0.39, 0.29) is 5.91 Å². The Labute approximate surface area is 167 Å². The van der Waals surface area contributed by atoms with Crippen molar-refractivity contribution in [2.75, 3.05) is 6.54 Å². The number of amidine groups is 1. The van der Waals surface area contributed by atoms with Crippen LogP contribution in [0.4, 0.5) is 5.69 Å². The molecule has 0 atom stereocenters. The lowest BCUT2D eigenvalue weighted by atomic mass is 10.1. The highest BCUT2D eigenvalue weighted by atomic mass is 35.5. The number of carbonyl (C=O) groups excluding carboxylic acids is 1. The quantitative estimate of drug-likeness (QED) is 0.567. The number of aliphatic imine (C=N–C) groups is 1. The van der Waals surface area contributed by atoms with E-state index in [2.05, 4.69) is 6.07 Å². The van der Waals surface area contributed by atoms with Gasteiger partial charge in [0.25, 0.3) is 5.91 Å². The van der Waals surface area contributed by atoms with Gasteiger partial charge >= 0.3 is 0 Å². The molecule has 0 aromatic heterocycles. The van der Waals surface area contributed by atoms with Gasteiger partial charge in [-0.3, -0.25) is 9.69 Å². The van der Waals surface area contributed by atoms with Crippen LogP contribution in [-0.2, 0) is 4.79 Å². The predicted molar refractivity (Wildman–Crippen MR) is 112 cm³/mol. The van der Waals surface area contributed by atoms with Gasteiger partial charge < -0.3 is 0 Å². The van der Waals surface area contributed by atoms with Crippen LogP contribution in [0.15, 0.2) is 46.3 Å². The van der Waals surface area contributed by atoms with Crippen molar-refractivity contribution < 1.29 is 4.79 Å². The van der Waals surface area contributed by atoms with E-state index in [4.69, 9.17) is 28.2 Å². The van der Waals surface area contributed by atoms with E-state index in [1.54, 1.807) is 17.0 Å². The molecule has 0 aliphatic carbocycles. The van der Waals surface area contributed by atoms with Crippen molar-refractivity contribution in [2.24, 2.45) is 4.99 Å². The van der Waals surface area contributed by atoms with Crippen LogP contribution in [-0.4, -0.2) is 22.5 Å². The summed E-state index contributed by atoms with van der Waals surface area (Å²) in [7, 11) is 0. The maximum Gasteiger partial charge on any atom is 0.266 e. The number of halogens is 2. The Balaban J connectivity index is 2.01. The number of aryl methyl sites for hydroxylation is 2. The Morgan fingerprint density at radius 2 is 1.96 bits per heavy atom. The standard InChI is InChI=1S/C20H18Cl2N2OS/c1-4-24-19(25)17(11-14-6-5-7-15(21)18(14)22)26-20(24)23-16-10-12(2)8-9-13(16)3/h5-11H,4H2,1-3H3/b17-11+,23-20?. The van der Waals surface area contributed by atoms with Crippen molar-refractivity contribution in [3.63, 3.8) is 0 Å².